The van der Waals surface area contributed by atoms with Crippen LogP contribution in [0.1, 0.15) is 31.2 Å². The molecule has 1 heterocycles. The Balaban J connectivity index is 2.10. The maximum atomic E-state index is 14.1. The fourth-order valence-corrected chi connectivity index (χ4v) is 2.68. The van der Waals surface area contributed by atoms with Crippen LogP contribution in [0.2, 0.25) is 0 Å². The average Bonchev–Trinajstić information content (AvgIpc) is 3.33. The van der Waals surface area contributed by atoms with Crippen molar-refractivity contribution in [1.29, 1.82) is 0 Å². The molecule has 2 aliphatic rings. The van der Waals surface area contributed by atoms with Crippen LogP contribution in [0, 0.1) is 24.0 Å². The highest BCUT2D eigenvalue weighted by Gasteiger charge is 2.35. The zero-order valence-electron chi connectivity index (χ0n) is 12.0. The summed E-state index contributed by atoms with van der Waals surface area (Å²) in [6.07, 6.45) is 11.4. The number of nitrogens with zero attached hydrogens (tertiary/aromatic N) is 1. The minimum atomic E-state index is -0.570. The van der Waals surface area contributed by atoms with E-state index in [0.717, 1.165) is 31.0 Å². The monoisotopic (exact) mass is 299 g/mol. The van der Waals surface area contributed by atoms with E-state index in [2.05, 4.69) is 5.92 Å². The maximum absolute atomic E-state index is 14.1. The van der Waals surface area contributed by atoms with E-state index < -0.39 is 11.6 Å². The van der Waals surface area contributed by atoms with Gasteiger partial charge in [0, 0.05) is 29.8 Å². The zero-order valence-corrected chi connectivity index (χ0v) is 12.0. The Kier molecular flexibility index (Phi) is 3.81. The van der Waals surface area contributed by atoms with Gasteiger partial charge in [-0.3, -0.25) is 4.79 Å². The second-order valence-electron chi connectivity index (χ2n) is 5.49. The number of hydrogen-bond acceptors (Lipinski definition) is 1. The van der Waals surface area contributed by atoms with E-state index in [1.165, 1.54) is 0 Å². The number of terminal acetylenes is 1. The number of benzene rings is 1. The molecule has 0 bridgehead atoms. The molecular weight excluding hydrogens is 284 g/mol. The Hall–Kier alpha value is -2.41. The fourth-order valence-electron chi connectivity index (χ4n) is 2.68. The molecule has 0 radical (unpaired) electrons. The van der Waals surface area contributed by atoms with Crippen LogP contribution in [0.5, 0.6) is 0 Å². The molecule has 1 aliphatic heterocycles. The van der Waals surface area contributed by atoms with Crippen LogP contribution >= 0.6 is 0 Å². The minimum Gasteiger partial charge on any atom is -0.313 e. The van der Waals surface area contributed by atoms with Gasteiger partial charge in [-0.25, -0.2) is 8.78 Å². The quantitative estimate of drug-likeness (QED) is 0.616. The molecule has 2 nitrogen and oxygen atoms in total. The van der Waals surface area contributed by atoms with Gasteiger partial charge in [0.1, 0.15) is 11.6 Å². The van der Waals surface area contributed by atoms with Crippen LogP contribution < -0.4 is 0 Å². The summed E-state index contributed by atoms with van der Waals surface area (Å²) in [5, 5.41) is 0. The number of rotatable bonds is 3. The van der Waals surface area contributed by atoms with Crippen LogP contribution in [-0.4, -0.2) is 16.8 Å². The molecule has 0 atom stereocenters. The third kappa shape index (κ3) is 2.67. The van der Waals surface area contributed by atoms with E-state index in [1.54, 1.807) is 11.1 Å². The van der Waals surface area contributed by atoms with Gasteiger partial charge in [0.15, 0.2) is 0 Å². The largest absolute Gasteiger partial charge is 0.313 e. The maximum Gasteiger partial charge on any atom is 0.254 e. The topological polar surface area (TPSA) is 20.3 Å². The Bertz CT molecular complexity index is 723. The summed E-state index contributed by atoms with van der Waals surface area (Å²) in [6, 6.07) is 3.44. The summed E-state index contributed by atoms with van der Waals surface area (Å²) in [4.78, 5) is 14.3. The molecule has 1 aromatic rings. The molecule has 1 amide bonds. The number of allylic oxidation sites excluding steroid dienone is 2. The molecule has 22 heavy (non-hydrogen) atoms. The van der Waals surface area contributed by atoms with Crippen molar-refractivity contribution in [3.8, 4) is 12.3 Å². The lowest BCUT2D eigenvalue weighted by molar-refractivity contribution is -0.125. The van der Waals surface area contributed by atoms with Crippen LogP contribution in [0.15, 0.2) is 36.0 Å². The molecule has 0 N–H and O–H groups in total. The van der Waals surface area contributed by atoms with Gasteiger partial charge in [0.2, 0.25) is 0 Å². The molecule has 0 unspecified atom stereocenters. The van der Waals surface area contributed by atoms with E-state index >= 15 is 0 Å². The summed E-state index contributed by atoms with van der Waals surface area (Å²) in [5.41, 5.74) is 0.934. The SMILES string of the molecule is C#CCC(=C1CC=CN(C2CC2)C1=O)c1cc(F)ccc1F. The highest BCUT2D eigenvalue weighted by atomic mass is 19.1. The first kappa shape index (κ1) is 14.5. The number of carbonyl (C=O) groups is 1. The number of hydrogen-bond donors (Lipinski definition) is 0. The van der Waals surface area contributed by atoms with Crippen molar-refractivity contribution in [2.24, 2.45) is 0 Å². The second kappa shape index (κ2) is 5.76. The third-order valence-electron chi connectivity index (χ3n) is 3.92. The van der Waals surface area contributed by atoms with Crippen molar-refractivity contribution in [1.82, 2.24) is 4.90 Å². The first-order chi connectivity index (χ1) is 10.6. The van der Waals surface area contributed by atoms with Gasteiger partial charge in [-0.15, -0.1) is 12.3 Å². The summed E-state index contributed by atoms with van der Waals surface area (Å²) >= 11 is 0. The van der Waals surface area contributed by atoms with Crippen molar-refractivity contribution in [2.45, 2.75) is 31.7 Å². The van der Waals surface area contributed by atoms with Crippen LogP contribution in [0.25, 0.3) is 5.57 Å². The molecular formula is C18H15F2NO. The van der Waals surface area contributed by atoms with E-state index in [0.29, 0.717) is 17.6 Å². The molecule has 112 valence electrons. The summed E-state index contributed by atoms with van der Waals surface area (Å²) in [7, 11) is 0. The Morgan fingerprint density at radius 3 is 2.82 bits per heavy atom. The van der Waals surface area contributed by atoms with E-state index in [4.69, 9.17) is 6.42 Å². The third-order valence-corrected chi connectivity index (χ3v) is 3.92. The van der Waals surface area contributed by atoms with Gasteiger partial charge in [-0.1, -0.05) is 6.08 Å². The van der Waals surface area contributed by atoms with E-state index in [9.17, 15) is 13.6 Å². The predicted octanol–water partition coefficient (Wildman–Crippen LogP) is 3.65. The van der Waals surface area contributed by atoms with Crippen molar-refractivity contribution >= 4 is 11.5 Å². The van der Waals surface area contributed by atoms with Crippen LogP contribution in [-0.2, 0) is 4.79 Å². The van der Waals surface area contributed by atoms with Gasteiger partial charge in [-0.2, -0.15) is 0 Å². The van der Waals surface area contributed by atoms with Crippen molar-refractivity contribution in [3.05, 3.63) is 53.2 Å². The summed E-state index contributed by atoms with van der Waals surface area (Å²) in [5.74, 6) is 1.17. The summed E-state index contributed by atoms with van der Waals surface area (Å²) in [6.45, 7) is 0. The lowest BCUT2D eigenvalue weighted by Gasteiger charge is -2.25. The lowest BCUT2D eigenvalue weighted by Crippen LogP contribution is -2.32. The van der Waals surface area contributed by atoms with Crippen LogP contribution in [0.3, 0.4) is 0 Å². The summed E-state index contributed by atoms with van der Waals surface area (Å²) < 4.78 is 27.6. The fraction of sp³-hybridized carbons (Fsp3) is 0.278. The predicted molar refractivity (Wildman–Crippen MR) is 80.4 cm³/mol. The van der Waals surface area contributed by atoms with Gasteiger partial charge in [0.25, 0.3) is 5.91 Å². The highest BCUT2D eigenvalue weighted by molar-refractivity contribution is 6.03. The molecule has 0 aromatic heterocycles. The van der Waals surface area contributed by atoms with Crippen LogP contribution in [0.4, 0.5) is 8.78 Å². The standard InChI is InChI=1S/C18H15F2NO/c1-2-4-14(16-11-12(19)6-9-17(16)20)15-5-3-10-21(18(15)22)13-7-8-13/h1,3,6,9-11,13H,4-5,7-8H2. The van der Waals surface area contributed by atoms with E-state index in [-0.39, 0.29) is 23.9 Å². The van der Waals surface area contributed by atoms with Crippen molar-refractivity contribution in [2.75, 3.05) is 0 Å². The highest BCUT2D eigenvalue weighted by Crippen LogP contribution is 2.35. The first-order valence-electron chi connectivity index (χ1n) is 7.22. The Labute approximate surface area is 128 Å². The lowest BCUT2D eigenvalue weighted by atomic mass is 9.92. The molecule has 1 aliphatic carbocycles. The second-order valence-corrected chi connectivity index (χ2v) is 5.49. The molecule has 1 fully saturated rings. The van der Waals surface area contributed by atoms with E-state index in [1.807, 2.05) is 6.08 Å². The molecule has 0 spiro atoms. The number of amides is 1. The number of halogens is 2. The van der Waals surface area contributed by atoms with Gasteiger partial charge < -0.3 is 4.90 Å². The smallest absolute Gasteiger partial charge is 0.254 e. The minimum absolute atomic E-state index is 0.0762. The molecule has 0 saturated heterocycles. The molecule has 1 aromatic carbocycles. The molecule has 3 rings (SSSR count). The van der Waals surface area contributed by atoms with Gasteiger partial charge in [-0.05, 0) is 43.0 Å². The van der Waals surface area contributed by atoms with Crippen molar-refractivity contribution < 1.29 is 13.6 Å². The van der Waals surface area contributed by atoms with Crippen molar-refractivity contribution in [3.63, 3.8) is 0 Å². The zero-order chi connectivity index (χ0) is 15.7. The molecule has 1 saturated carbocycles. The Morgan fingerprint density at radius 2 is 2.14 bits per heavy atom. The van der Waals surface area contributed by atoms with Gasteiger partial charge >= 0.3 is 0 Å². The molecule has 4 heteroatoms. The van der Waals surface area contributed by atoms with Gasteiger partial charge in [0.05, 0.1) is 0 Å². The normalized spacial score (nSPS) is 20.0. The first-order valence-corrected chi connectivity index (χ1v) is 7.22. The number of carbonyl (C=O) groups excluding carboxylic acids is 1. The Morgan fingerprint density at radius 1 is 1.36 bits per heavy atom. The average molecular weight is 299 g/mol.